The largest absolute Gasteiger partial charge is 0.497 e. The Hall–Kier alpha value is -2.28. The third-order valence-corrected chi connectivity index (χ3v) is 3.07. The van der Waals surface area contributed by atoms with E-state index in [4.69, 9.17) is 19.3 Å². The minimum Gasteiger partial charge on any atom is -0.497 e. The molecule has 1 aromatic rings. The molecule has 1 aromatic carbocycles. The van der Waals surface area contributed by atoms with Crippen LogP contribution in [0.1, 0.15) is 23.7 Å². The first-order valence-corrected chi connectivity index (χ1v) is 6.60. The molecule has 0 spiro atoms. The van der Waals surface area contributed by atoms with E-state index in [9.17, 15) is 9.59 Å². The van der Waals surface area contributed by atoms with E-state index < -0.39 is 17.4 Å². The van der Waals surface area contributed by atoms with E-state index in [1.165, 1.54) is 21.3 Å². The lowest BCUT2D eigenvalue weighted by Crippen LogP contribution is -2.50. The normalized spacial score (nSPS) is 13.1. The SMILES string of the molecule is COCC(C)(CC(=O)O)NC(=O)c1ccc(OC)cc1OC. The first kappa shape index (κ1) is 17.8. The first-order valence-electron chi connectivity index (χ1n) is 6.60. The smallest absolute Gasteiger partial charge is 0.305 e. The number of methoxy groups -OCH3 is 3. The predicted molar refractivity (Wildman–Crippen MR) is 79.5 cm³/mol. The van der Waals surface area contributed by atoms with E-state index in [1.54, 1.807) is 25.1 Å². The summed E-state index contributed by atoms with van der Waals surface area (Å²) in [4.78, 5) is 23.4. The fourth-order valence-electron chi connectivity index (χ4n) is 2.11. The van der Waals surface area contributed by atoms with Gasteiger partial charge in [-0.15, -0.1) is 0 Å². The van der Waals surface area contributed by atoms with E-state index in [2.05, 4.69) is 5.32 Å². The highest BCUT2D eigenvalue weighted by molar-refractivity contribution is 5.97. The minimum absolute atomic E-state index is 0.0729. The Kier molecular flexibility index (Phi) is 6.18. The van der Waals surface area contributed by atoms with Crippen LogP contribution in [-0.2, 0) is 9.53 Å². The van der Waals surface area contributed by atoms with Crippen LogP contribution in [0.15, 0.2) is 18.2 Å². The third kappa shape index (κ3) is 4.63. The van der Waals surface area contributed by atoms with Crippen molar-refractivity contribution in [3.05, 3.63) is 23.8 Å². The maximum absolute atomic E-state index is 12.4. The Morgan fingerprint density at radius 2 is 1.91 bits per heavy atom. The molecular weight excluding hydrogens is 290 g/mol. The zero-order valence-electron chi connectivity index (χ0n) is 13.1. The highest BCUT2D eigenvalue weighted by Gasteiger charge is 2.30. The van der Waals surface area contributed by atoms with Crippen LogP contribution in [0.5, 0.6) is 11.5 Å². The molecule has 0 fully saturated rings. The molecule has 7 heteroatoms. The van der Waals surface area contributed by atoms with Gasteiger partial charge in [0.15, 0.2) is 0 Å². The highest BCUT2D eigenvalue weighted by atomic mass is 16.5. The molecule has 1 atom stereocenters. The van der Waals surface area contributed by atoms with E-state index in [0.717, 1.165) is 0 Å². The molecule has 1 rings (SSSR count). The van der Waals surface area contributed by atoms with E-state index in [0.29, 0.717) is 11.5 Å². The summed E-state index contributed by atoms with van der Waals surface area (Å²) in [6.45, 7) is 1.68. The molecular formula is C15H21NO6. The second-order valence-corrected chi connectivity index (χ2v) is 5.08. The van der Waals surface area contributed by atoms with Crippen LogP contribution in [0.4, 0.5) is 0 Å². The van der Waals surface area contributed by atoms with Crippen LogP contribution in [0.2, 0.25) is 0 Å². The summed E-state index contributed by atoms with van der Waals surface area (Å²) in [6.07, 6.45) is -0.259. The van der Waals surface area contributed by atoms with E-state index >= 15 is 0 Å². The second-order valence-electron chi connectivity index (χ2n) is 5.08. The molecule has 0 aliphatic carbocycles. The summed E-state index contributed by atoms with van der Waals surface area (Å²) in [5, 5.41) is 11.7. The summed E-state index contributed by atoms with van der Waals surface area (Å²) in [6, 6.07) is 4.77. The molecule has 2 N–H and O–H groups in total. The van der Waals surface area contributed by atoms with Gasteiger partial charge < -0.3 is 24.6 Å². The molecule has 7 nitrogen and oxygen atoms in total. The second kappa shape index (κ2) is 7.65. The monoisotopic (exact) mass is 311 g/mol. The number of ether oxygens (including phenoxy) is 3. The average Bonchev–Trinajstić information content (AvgIpc) is 2.45. The van der Waals surface area contributed by atoms with Crippen LogP contribution in [0.25, 0.3) is 0 Å². The maximum Gasteiger partial charge on any atom is 0.305 e. The topological polar surface area (TPSA) is 94.1 Å². The van der Waals surface area contributed by atoms with Crippen LogP contribution < -0.4 is 14.8 Å². The molecule has 22 heavy (non-hydrogen) atoms. The lowest BCUT2D eigenvalue weighted by Gasteiger charge is -2.28. The van der Waals surface area contributed by atoms with Gasteiger partial charge in [-0.05, 0) is 19.1 Å². The number of carboxylic acids is 1. The van der Waals surface area contributed by atoms with Crippen LogP contribution in [0, 0.1) is 0 Å². The Morgan fingerprint density at radius 3 is 2.41 bits per heavy atom. The lowest BCUT2D eigenvalue weighted by molar-refractivity contribution is -0.139. The zero-order chi connectivity index (χ0) is 16.8. The lowest BCUT2D eigenvalue weighted by atomic mass is 9.98. The number of benzene rings is 1. The number of amides is 1. The van der Waals surface area contributed by atoms with Crippen molar-refractivity contribution in [3.63, 3.8) is 0 Å². The fourth-order valence-corrected chi connectivity index (χ4v) is 2.11. The molecule has 0 saturated heterocycles. The molecule has 0 heterocycles. The summed E-state index contributed by atoms with van der Waals surface area (Å²) in [7, 11) is 4.40. The predicted octanol–water partition coefficient (Wildman–Crippen LogP) is 1.31. The van der Waals surface area contributed by atoms with Crippen molar-refractivity contribution in [2.45, 2.75) is 18.9 Å². The van der Waals surface area contributed by atoms with Crippen molar-refractivity contribution in [2.75, 3.05) is 27.9 Å². The van der Waals surface area contributed by atoms with Crippen molar-refractivity contribution >= 4 is 11.9 Å². The first-order chi connectivity index (χ1) is 10.3. The molecule has 1 amide bonds. The van der Waals surface area contributed by atoms with Gasteiger partial charge in [0.25, 0.3) is 5.91 Å². The number of nitrogens with one attached hydrogen (secondary N) is 1. The van der Waals surface area contributed by atoms with Gasteiger partial charge in [0.05, 0.1) is 38.3 Å². The van der Waals surface area contributed by atoms with Gasteiger partial charge >= 0.3 is 5.97 Å². The van der Waals surface area contributed by atoms with Crippen molar-refractivity contribution in [2.24, 2.45) is 0 Å². The summed E-state index contributed by atoms with van der Waals surface area (Å²) in [5.74, 6) is -0.576. The van der Waals surface area contributed by atoms with E-state index in [-0.39, 0.29) is 18.6 Å². The Bertz CT molecular complexity index is 545. The van der Waals surface area contributed by atoms with Gasteiger partial charge in [0, 0.05) is 13.2 Å². The Morgan fingerprint density at radius 1 is 1.23 bits per heavy atom. The molecule has 0 saturated carbocycles. The number of carbonyl (C=O) groups excluding carboxylic acids is 1. The minimum atomic E-state index is -1.03. The van der Waals surface area contributed by atoms with Gasteiger partial charge in [0.2, 0.25) is 0 Å². The van der Waals surface area contributed by atoms with Gasteiger partial charge in [-0.25, -0.2) is 0 Å². The number of carbonyl (C=O) groups is 2. The standard InChI is InChI=1S/C15H21NO6/c1-15(9-20-2,8-13(17)18)16-14(19)11-6-5-10(21-3)7-12(11)22-4/h5-7H,8-9H2,1-4H3,(H,16,19)(H,17,18). The van der Waals surface area contributed by atoms with Gasteiger partial charge in [-0.3, -0.25) is 9.59 Å². The Labute approximate surface area is 129 Å². The molecule has 0 aromatic heterocycles. The average molecular weight is 311 g/mol. The van der Waals surface area contributed by atoms with Gasteiger partial charge in [0.1, 0.15) is 11.5 Å². The number of carboxylic acid groups (broad SMARTS) is 1. The fraction of sp³-hybridized carbons (Fsp3) is 0.467. The number of hydrogen-bond donors (Lipinski definition) is 2. The third-order valence-electron chi connectivity index (χ3n) is 3.07. The van der Waals surface area contributed by atoms with Crippen LogP contribution in [0.3, 0.4) is 0 Å². The molecule has 0 aliphatic rings. The van der Waals surface area contributed by atoms with Crippen molar-refractivity contribution in [1.29, 1.82) is 0 Å². The molecule has 0 radical (unpaired) electrons. The van der Waals surface area contributed by atoms with E-state index in [1.807, 2.05) is 0 Å². The van der Waals surface area contributed by atoms with Crippen molar-refractivity contribution in [3.8, 4) is 11.5 Å². The molecule has 0 aliphatic heterocycles. The van der Waals surface area contributed by atoms with Crippen molar-refractivity contribution in [1.82, 2.24) is 5.32 Å². The number of aliphatic carboxylic acids is 1. The quantitative estimate of drug-likeness (QED) is 0.752. The van der Waals surface area contributed by atoms with Gasteiger partial charge in [-0.2, -0.15) is 0 Å². The maximum atomic E-state index is 12.4. The zero-order valence-corrected chi connectivity index (χ0v) is 13.1. The van der Waals surface area contributed by atoms with Crippen LogP contribution >= 0.6 is 0 Å². The van der Waals surface area contributed by atoms with Crippen molar-refractivity contribution < 1.29 is 28.9 Å². The number of rotatable bonds is 8. The summed E-state index contributed by atoms with van der Waals surface area (Å²) in [5.41, 5.74) is -0.737. The summed E-state index contributed by atoms with van der Waals surface area (Å²) < 4.78 is 15.3. The Balaban J connectivity index is 3.01. The van der Waals surface area contributed by atoms with Crippen LogP contribution in [-0.4, -0.2) is 50.5 Å². The number of hydrogen-bond acceptors (Lipinski definition) is 5. The molecule has 1 unspecified atom stereocenters. The summed E-state index contributed by atoms with van der Waals surface area (Å²) >= 11 is 0. The molecule has 122 valence electrons. The molecule has 0 bridgehead atoms. The van der Waals surface area contributed by atoms with Gasteiger partial charge in [-0.1, -0.05) is 0 Å². The highest BCUT2D eigenvalue weighted by Crippen LogP contribution is 2.25.